The van der Waals surface area contributed by atoms with Crippen LogP contribution < -0.4 is 5.32 Å². The first kappa shape index (κ1) is 29.8. The molecule has 2 atom stereocenters. The number of likely N-dealkylation sites (tertiary alicyclic amines) is 1. The predicted molar refractivity (Wildman–Crippen MR) is 148 cm³/mol. The summed E-state index contributed by atoms with van der Waals surface area (Å²) in [6.07, 6.45) is -3.38. The van der Waals surface area contributed by atoms with Gasteiger partial charge >= 0.3 is 6.18 Å². The molecule has 10 heteroatoms. The number of sulfone groups is 1. The summed E-state index contributed by atoms with van der Waals surface area (Å²) in [7, 11) is -1.64. The Labute approximate surface area is 233 Å². The zero-order chi connectivity index (χ0) is 28.9. The second-order valence-corrected chi connectivity index (χ2v) is 12.3. The van der Waals surface area contributed by atoms with Gasteiger partial charge < -0.3 is 10.1 Å². The molecule has 0 spiro atoms. The third kappa shape index (κ3) is 7.50. The molecule has 3 aromatic rings. The van der Waals surface area contributed by atoms with Crippen molar-refractivity contribution in [1.29, 1.82) is 0 Å². The molecule has 1 amide bonds. The molecule has 1 aliphatic rings. The average Bonchev–Trinajstić information content (AvgIpc) is 3.31. The van der Waals surface area contributed by atoms with Gasteiger partial charge in [0, 0.05) is 31.9 Å². The van der Waals surface area contributed by atoms with Gasteiger partial charge in [-0.3, -0.25) is 9.69 Å². The van der Waals surface area contributed by atoms with Crippen molar-refractivity contribution in [1.82, 2.24) is 4.90 Å². The second kappa shape index (κ2) is 12.5. The first-order valence-corrected chi connectivity index (χ1v) is 14.7. The Morgan fingerprint density at radius 3 is 2.17 bits per heavy atom. The number of anilines is 1. The number of methoxy groups -OCH3 is 1. The Morgan fingerprint density at radius 1 is 0.975 bits per heavy atom. The van der Waals surface area contributed by atoms with Crippen LogP contribution in [0.25, 0.3) is 0 Å². The first-order chi connectivity index (χ1) is 19.0. The summed E-state index contributed by atoms with van der Waals surface area (Å²) in [6.45, 7) is 3.38. The topological polar surface area (TPSA) is 75.7 Å². The Balaban J connectivity index is 1.35. The number of nitrogens with zero attached hydrogens (tertiary/aromatic N) is 1. The van der Waals surface area contributed by atoms with E-state index in [1.807, 2.05) is 24.3 Å². The second-order valence-electron chi connectivity index (χ2n) is 10.1. The van der Waals surface area contributed by atoms with Gasteiger partial charge in [0.2, 0.25) is 5.91 Å². The smallest absolute Gasteiger partial charge is 0.383 e. The zero-order valence-corrected chi connectivity index (χ0v) is 23.3. The maximum atomic E-state index is 12.9. The fourth-order valence-corrected chi connectivity index (χ4v) is 5.91. The molecule has 40 heavy (non-hydrogen) atoms. The molecule has 2 unspecified atom stereocenters. The van der Waals surface area contributed by atoms with Crippen LogP contribution in [0.15, 0.2) is 77.7 Å². The number of amides is 1. The van der Waals surface area contributed by atoms with E-state index < -0.39 is 21.6 Å². The summed E-state index contributed by atoms with van der Waals surface area (Å²) < 4.78 is 68.1. The van der Waals surface area contributed by atoms with Crippen LogP contribution in [-0.2, 0) is 38.5 Å². The average molecular weight is 575 g/mol. The van der Waals surface area contributed by atoms with Crippen molar-refractivity contribution in [3.05, 3.63) is 95.1 Å². The quantitative estimate of drug-likeness (QED) is 0.337. The zero-order valence-electron chi connectivity index (χ0n) is 22.4. The number of rotatable bonds is 10. The Kier molecular flexibility index (Phi) is 9.33. The highest BCUT2D eigenvalue weighted by atomic mass is 32.2. The number of halogens is 3. The number of benzene rings is 3. The van der Waals surface area contributed by atoms with Gasteiger partial charge in [0.15, 0.2) is 9.84 Å². The monoisotopic (exact) mass is 574 g/mol. The SMILES string of the molecule is CCS(=O)(=O)c1ccc(CC(=O)Nc2ccc(C3CC(COC)N(Cc4ccc(C(F)(F)F)cc4)C3)cc2)cc1. The molecule has 1 aliphatic heterocycles. The highest BCUT2D eigenvalue weighted by Crippen LogP contribution is 2.34. The van der Waals surface area contributed by atoms with Crippen LogP contribution in [0.4, 0.5) is 18.9 Å². The molecular weight excluding hydrogens is 541 g/mol. The number of hydrogen-bond acceptors (Lipinski definition) is 5. The lowest BCUT2D eigenvalue weighted by Gasteiger charge is -2.24. The van der Waals surface area contributed by atoms with Crippen LogP contribution >= 0.6 is 0 Å². The van der Waals surface area contributed by atoms with Gasteiger partial charge in [-0.1, -0.05) is 43.3 Å². The first-order valence-electron chi connectivity index (χ1n) is 13.1. The molecule has 1 heterocycles. The molecule has 0 bridgehead atoms. The van der Waals surface area contributed by atoms with Crippen molar-refractivity contribution in [2.24, 2.45) is 0 Å². The Hall–Kier alpha value is -3.21. The highest BCUT2D eigenvalue weighted by molar-refractivity contribution is 7.91. The van der Waals surface area contributed by atoms with Gasteiger partial charge in [-0.25, -0.2) is 8.42 Å². The Morgan fingerprint density at radius 2 is 1.60 bits per heavy atom. The van der Waals surface area contributed by atoms with Crippen molar-refractivity contribution >= 4 is 21.4 Å². The van der Waals surface area contributed by atoms with E-state index >= 15 is 0 Å². The summed E-state index contributed by atoms with van der Waals surface area (Å²) in [6, 6.07) is 19.4. The van der Waals surface area contributed by atoms with Crippen molar-refractivity contribution in [2.45, 2.75) is 49.3 Å². The van der Waals surface area contributed by atoms with E-state index in [1.165, 1.54) is 24.3 Å². The van der Waals surface area contributed by atoms with E-state index in [9.17, 15) is 26.4 Å². The fourth-order valence-electron chi connectivity index (χ4n) is 5.03. The van der Waals surface area contributed by atoms with Crippen molar-refractivity contribution < 1.29 is 31.1 Å². The molecule has 3 aromatic carbocycles. The standard InChI is InChI=1S/C30H33F3N2O4S/c1-3-40(37,38)28-14-6-21(7-15-28)16-29(36)34-26-12-8-23(9-13-26)24-17-27(20-39-2)35(19-24)18-22-4-10-25(11-5-22)30(31,32)33/h4-15,24,27H,3,16-20H2,1-2H3,(H,34,36). The summed E-state index contributed by atoms with van der Waals surface area (Å²) >= 11 is 0. The lowest BCUT2D eigenvalue weighted by Crippen LogP contribution is -2.32. The summed E-state index contributed by atoms with van der Waals surface area (Å²) in [4.78, 5) is 15.0. The van der Waals surface area contributed by atoms with Crippen LogP contribution in [0.3, 0.4) is 0 Å². The molecule has 6 nitrogen and oxygen atoms in total. The van der Waals surface area contributed by atoms with E-state index in [2.05, 4.69) is 10.2 Å². The number of ether oxygens (including phenoxy) is 1. The molecule has 0 radical (unpaired) electrons. The van der Waals surface area contributed by atoms with Gasteiger partial charge in [0.05, 0.1) is 29.2 Å². The largest absolute Gasteiger partial charge is 0.416 e. The maximum absolute atomic E-state index is 12.9. The number of hydrogen-bond donors (Lipinski definition) is 1. The third-order valence-electron chi connectivity index (χ3n) is 7.25. The maximum Gasteiger partial charge on any atom is 0.416 e. The molecule has 0 aliphatic carbocycles. The number of carbonyl (C=O) groups is 1. The Bertz CT molecular complexity index is 1390. The molecule has 1 fully saturated rings. The molecule has 214 valence electrons. The minimum atomic E-state index is -4.35. The van der Waals surface area contributed by atoms with E-state index in [0.717, 1.165) is 36.2 Å². The van der Waals surface area contributed by atoms with E-state index in [-0.39, 0.29) is 34.9 Å². The summed E-state index contributed by atoms with van der Waals surface area (Å²) in [5, 5.41) is 2.88. The minimum absolute atomic E-state index is 0.0217. The van der Waals surface area contributed by atoms with Crippen LogP contribution in [0.5, 0.6) is 0 Å². The third-order valence-corrected chi connectivity index (χ3v) is 9.00. The molecule has 4 rings (SSSR count). The number of nitrogens with one attached hydrogen (secondary N) is 1. The predicted octanol–water partition coefficient (Wildman–Crippen LogP) is 5.68. The molecule has 0 saturated carbocycles. The lowest BCUT2D eigenvalue weighted by molar-refractivity contribution is -0.137. The van der Waals surface area contributed by atoms with Gasteiger partial charge in [-0.05, 0) is 65.4 Å². The van der Waals surface area contributed by atoms with E-state index in [1.54, 1.807) is 26.2 Å². The van der Waals surface area contributed by atoms with Crippen molar-refractivity contribution in [3.8, 4) is 0 Å². The van der Waals surface area contributed by atoms with Gasteiger partial charge in [0.1, 0.15) is 0 Å². The number of carbonyl (C=O) groups excluding carboxylic acids is 1. The molecular formula is C30H33F3N2O4S. The molecule has 1 N–H and O–H groups in total. The summed E-state index contributed by atoms with van der Waals surface area (Å²) in [5.74, 6) is 0.0355. The summed E-state index contributed by atoms with van der Waals surface area (Å²) in [5.41, 5.74) is 2.65. The number of alkyl halides is 3. The lowest BCUT2D eigenvalue weighted by atomic mass is 9.96. The molecule has 0 aromatic heterocycles. The highest BCUT2D eigenvalue weighted by Gasteiger charge is 2.33. The van der Waals surface area contributed by atoms with Crippen LogP contribution in [0, 0.1) is 0 Å². The van der Waals surface area contributed by atoms with Crippen molar-refractivity contribution in [2.75, 3.05) is 31.3 Å². The van der Waals surface area contributed by atoms with Crippen LogP contribution in [0.2, 0.25) is 0 Å². The van der Waals surface area contributed by atoms with Crippen molar-refractivity contribution in [3.63, 3.8) is 0 Å². The normalized spacial score (nSPS) is 18.1. The fraction of sp³-hybridized carbons (Fsp3) is 0.367. The van der Waals surface area contributed by atoms with Gasteiger partial charge in [-0.15, -0.1) is 0 Å². The van der Waals surface area contributed by atoms with Crippen LogP contribution in [-0.4, -0.2) is 51.3 Å². The minimum Gasteiger partial charge on any atom is -0.383 e. The van der Waals surface area contributed by atoms with Crippen LogP contribution in [0.1, 0.15) is 41.5 Å². The molecule has 1 saturated heterocycles. The van der Waals surface area contributed by atoms with E-state index in [4.69, 9.17) is 4.74 Å². The van der Waals surface area contributed by atoms with Gasteiger partial charge in [0.25, 0.3) is 0 Å². The van der Waals surface area contributed by atoms with Gasteiger partial charge in [-0.2, -0.15) is 13.2 Å². The van der Waals surface area contributed by atoms with E-state index in [0.29, 0.717) is 24.4 Å².